The number of nitrogens with zero attached hydrogens (tertiary/aromatic N) is 2. The first-order valence-corrected chi connectivity index (χ1v) is 10.9. The van der Waals surface area contributed by atoms with Crippen molar-refractivity contribution in [1.82, 2.24) is 15.2 Å². The Hall–Kier alpha value is -2.99. The number of ether oxygens (including phenoxy) is 1. The lowest BCUT2D eigenvalue weighted by Crippen LogP contribution is -2.33. The first kappa shape index (κ1) is 22.7. The number of aromatic nitrogens is 1. The molecule has 1 saturated heterocycles. The number of carbonyl (C=O) groups excluding carboxylic acids is 2. The first-order valence-electron chi connectivity index (χ1n) is 10.9. The van der Waals surface area contributed by atoms with E-state index in [4.69, 9.17) is 4.74 Å². The Morgan fingerprint density at radius 3 is 2.74 bits per heavy atom. The Bertz CT molecular complexity index is 887. The number of piperidine rings is 1. The third kappa shape index (κ3) is 6.76. The van der Waals surface area contributed by atoms with E-state index in [1.807, 2.05) is 30.5 Å². The van der Waals surface area contributed by atoms with Crippen LogP contribution in [0.5, 0.6) is 5.75 Å². The van der Waals surface area contributed by atoms with Crippen LogP contribution in [0.3, 0.4) is 0 Å². The molecule has 1 fully saturated rings. The summed E-state index contributed by atoms with van der Waals surface area (Å²) in [5, 5.41) is 2.34. The number of hydrogen-bond donors (Lipinski definition) is 1. The van der Waals surface area contributed by atoms with Crippen LogP contribution < -0.4 is 10.1 Å². The average Bonchev–Trinajstić information content (AvgIpc) is 2.81. The van der Waals surface area contributed by atoms with Crippen molar-refractivity contribution in [3.8, 4) is 17.0 Å². The van der Waals surface area contributed by atoms with Gasteiger partial charge in [-0.25, -0.2) is 0 Å². The Morgan fingerprint density at radius 2 is 2.06 bits per heavy atom. The zero-order valence-corrected chi connectivity index (χ0v) is 18.2. The molecule has 0 aliphatic carbocycles. The van der Waals surface area contributed by atoms with Gasteiger partial charge in [0, 0.05) is 24.7 Å². The fourth-order valence-electron chi connectivity index (χ4n) is 4.00. The van der Waals surface area contributed by atoms with Gasteiger partial charge in [0.1, 0.15) is 5.75 Å². The molecule has 1 amide bonds. The van der Waals surface area contributed by atoms with E-state index in [1.54, 1.807) is 7.11 Å². The van der Waals surface area contributed by atoms with Gasteiger partial charge >= 0.3 is 0 Å². The first-order chi connectivity index (χ1) is 15.1. The van der Waals surface area contributed by atoms with Crippen LogP contribution in [0.4, 0.5) is 0 Å². The Morgan fingerprint density at radius 1 is 1.26 bits per heavy atom. The van der Waals surface area contributed by atoms with E-state index >= 15 is 0 Å². The number of benzene rings is 1. The number of carbonyl (C=O) groups is 2. The molecule has 0 atom stereocenters. The molecule has 1 aliphatic heterocycles. The van der Waals surface area contributed by atoms with E-state index in [-0.39, 0.29) is 5.78 Å². The molecular weight excluding hydrogens is 390 g/mol. The summed E-state index contributed by atoms with van der Waals surface area (Å²) >= 11 is 0. The summed E-state index contributed by atoms with van der Waals surface area (Å²) in [5.74, 6) is 0.536. The molecule has 1 aromatic carbocycles. The topological polar surface area (TPSA) is 71.5 Å². The van der Waals surface area contributed by atoms with Crippen LogP contribution in [0, 0.1) is 5.92 Å². The van der Waals surface area contributed by atoms with Crippen LogP contribution in [-0.4, -0.2) is 41.8 Å². The zero-order valence-electron chi connectivity index (χ0n) is 18.2. The van der Waals surface area contributed by atoms with Gasteiger partial charge in [-0.15, -0.1) is 0 Å². The maximum atomic E-state index is 11.7. The lowest BCUT2D eigenvalue weighted by atomic mass is 9.91. The predicted molar refractivity (Wildman–Crippen MR) is 121 cm³/mol. The largest absolute Gasteiger partial charge is 0.497 e. The molecule has 1 aromatic heterocycles. The van der Waals surface area contributed by atoms with Crippen LogP contribution >= 0.6 is 0 Å². The second-order valence-corrected chi connectivity index (χ2v) is 8.00. The minimum absolute atomic E-state index is 0.311. The summed E-state index contributed by atoms with van der Waals surface area (Å²) in [6.07, 6.45) is 7.54. The van der Waals surface area contributed by atoms with Crippen molar-refractivity contribution in [2.75, 3.05) is 20.2 Å². The second kappa shape index (κ2) is 11.4. The molecule has 6 heteroatoms. The highest BCUT2D eigenvalue weighted by molar-refractivity contribution is 6.36. The Labute approximate surface area is 184 Å². The molecule has 3 rings (SSSR count). The summed E-state index contributed by atoms with van der Waals surface area (Å²) < 4.78 is 5.29. The van der Waals surface area contributed by atoms with Crippen LogP contribution in [0.2, 0.25) is 0 Å². The number of rotatable bonds is 10. The lowest BCUT2D eigenvalue weighted by Gasteiger charge is -2.32. The molecule has 31 heavy (non-hydrogen) atoms. The van der Waals surface area contributed by atoms with E-state index in [2.05, 4.69) is 33.9 Å². The second-order valence-electron chi connectivity index (χ2n) is 8.00. The summed E-state index contributed by atoms with van der Waals surface area (Å²) in [6, 6.07) is 12.1. The molecule has 2 aromatic rings. The van der Waals surface area contributed by atoms with Crippen LogP contribution in [-0.2, 0) is 16.1 Å². The summed E-state index contributed by atoms with van der Waals surface area (Å²) in [7, 11) is 1.67. The molecule has 1 aliphatic rings. The van der Waals surface area contributed by atoms with Gasteiger partial charge in [-0.2, -0.15) is 0 Å². The molecule has 0 saturated carbocycles. The van der Waals surface area contributed by atoms with E-state index in [1.165, 1.54) is 11.8 Å². The standard InChI is InChI=1S/C25H31N3O3/c1-3-26-25(30)24(29)9-4-6-19-12-14-28(15-13-19)18-20-10-11-23(27-17-20)21-7-5-8-22(16-21)31-2/h3,5,7-8,10-11,16-17,19H,1,4,6,9,12-15,18H2,2H3,(H,26,30). The van der Waals surface area contributed by atoms with Crippen molar-refractivity contribution < 1.29 is 14.3 Å². The summed E-state index contributed by atoms with van der Waals surface area (Å²) in [4.78, 5) is 30.2. The minimum Gasteiger partial charge on any atom is -0.497 e. The van der Waals surface area contributed by atoms with Crippen molar-refractivity contribution >= 4 is 11.7 Å². The molecular formula is C25H31N3O3. The number of ketones is 1. The number of likely N-dealkylation sites (tertiary alicyclic amines) is 1. The summed E-state index contributed by atoms with van der Waals surface area (Å²) in [5.41, 5.74) is 3.20. The van der Waals surface area contributed by atoms with E-state index in [0.717, 1.165) is 62.3 Å². The lowest BCUT2D eigenvalue weighted by molar-refractivity contribution is -0.137. The number of nitrogens with one attached hydrogen (secondary N) is 1. The van der Waals surface area contributed by atoms with Crippen LogP contribution in [0.25, 0.3) is 11.3 Å². The van der Waals surface area contributed by atoms with Gasteiger partial charge in [-0.3, -0.25) is 19.5 Å². The highest BCUT2D eigenvalue weighted by Crippen LogP contribution is 2.25. The number of hydrogen-bond acceptors (Lipinski definition) is 5. The quantitative estimate of drug-likeness (QED) is 0.588. The molecule has 0 spiro atoms. The molecule has 164 valence electrons. The Balaban J connectivity index is 1.41. The van der Waals surface area contributed by atoms with Crippen molar-refractivity contribution in [2.24, 2.45) is 5.92 Å². The van der Waals surface area contributed by atoms with Gasteiger partial charge in [0.05, 0.1) is 12.8 Å². The van der Waals surface area contributed by atoms with E-state index in [9.17, 15) is 9.59 Å². The smallest absolute Gasteiger partial charge is 0.291 e. The molecule has 0 radical (unpaired) electrons. The maximum absolute atomic E-state index is 11.7. The highest BCUT2D eigenvalue weighted by Gasteiger charge is 2.20. The Kier molecular flexibility index (Phi) is 8.35. The fraction of sp³-hybridized carbons (Fsp3) is 0.400. The van der Waals surface area contributed by atoms with Gasteiger partial charge in [-0.1, -0.05) is 24.8 Å². The number of methoxy groups -OCH3 is 1. The zero-order chi connectivity index (χ0) is 22.1. The van der Waals surface area contributed by atoms with Crippen molar-refractivity contribution in [3.05, 3.63) is 60.9 Å². The van der Waals surface area contributed by atoms with E-state index < -0.39 is 5.91 Å². The summed E-state index contributed by atoms with van der Waals surface area (Å²) in [6.45, 7) is 6.40. The minimum atomic E-state index is -0.559. The van der Waals surface area contributed by atoms with Crippen LogP contribution in [0.1, 0.15) is 37.7 Å². The fourth-order valence-corrected chi connectivity index (χ4v) is 4.00. The van der Waals surface area contributed by atoms with Crippen molar-refractivity contribution in [3.63, 3.8) is 0 Å². The average molecular weight is 422 g/mol. The molecule has 1 N–H and O–H groups in total. The van der Waals surface area contributed by atoms with Gasteiger partial charge in [0.15, 0.2) is 0 Å². The monoisotopic (exact) mass is 421 g/mol. The normalized spacial score (nSPS) is 14.7. The SMILES string of the molecule is C=CNC(=O)C(=O)CCCC1CCN(Cc2ccc(-c3cccc(OC)c3)nc2)CC1. The van der Waals surface area contributed by atoms with Gasteiger partial charge in [0.25, 0.3) is 5.91 Å². The third-order valence-corrected chi connectivity index (χ3v) is 5.81. The number of Topliss-reactive ketones (excluding diaryl/α,β-unsaturated/α-hetero) is 1. The third-order valence-electron chi connectivity index (χ3n) is 5.81. The molecule has 0 bridgehead atoms. The van der Waals surface area contributed by atoms with Gasteiger partial charge in [0.2, 0.25) is 5.78 Å². The van der Waals surface area contributed by atoms with Gasteiger partial charge < -0.3 is 10.1 Å². The number of amides is 1. The van der Waals surface area contributed by atoms with Gasteiger partial charge in [-0.05, 0) is 74.7 Å². The highest BCUT2D eigenvalue weighted by atomic mass is 16.5. The van der Waals surface area contributed by atoms with E-state index in [0.29, 0.717) is 12.3 Å². The maximum Gasteiger partial charge on any atom is 0.291 e. The predicted octanol–water partition coefficient (Wildman–Crippen LogP) is 3.97. The van der Waals surface area contributed by atoms with Crippen molar-refractivity contribution in [2.45, 2.75) is 38.6 Å². The molecule has 2 heterocycles. The van der Waals surface area contributed by atoms with Crippen LogP contribution in [0.15, 0.2) is 55.4 Å². The number of pyridine rings is 1. The molecule has 0 unspecified atom stereocenters. The van der Waals surface area contributed by atoms with Crippen molar-refractivity contribution in [1.29, 1.82) is 0 Å². The molecule has 6 nitrogen and oxygen atoms in total.